The Balaban J connectivity index is 0.000000649. The Morgan fingerprint density at radius 2 is 1.72 bits per heavy atom. The van der Waals surface area contributed by atoms with Gasteiger partial charge < -0.3 is 25.2 Å². The number of ether oxygens (including phenoxy) is 1. The summed E-state index contributed by atoms with van der Waals surface area (Å²) in [5.41, 5.74) is -2.49. The molecule has 4 N–H and O–H groups in total. The largest absolute Gasteiger partial charge is 0.481 e. The lowest BCUT2D eigenvalue weighted by Crippen LogP contribution is -2.46. The van der Waals surface area contributed by atoms with E-state index in [-0.39, 0.29) is 6.61 Å². The highest BCUT2D eigenvalue weighted by atomic mass is 16.5. The van der Waals surface area contributed by atoms with Crippen LogP contribution in [0.1, 0.15) is 78.6 Å². The molecule has 9 heteroatoms. The van der Waals surface area contributed by atoms with Crippen LogP contribution in [0.3, 0.4) is 0 Å². The number of morpholine rings is 1. The minimum atomic E-state index is -2.49. The molecule has 1 aliphatic rings. The molecule has 0 amide bonds. The van der Waals surface area contributed by atoms with Crippen molar-refractivity contribution in [2.45, 2.75) is 90.2 Å². The zero-order valence-electron chi connectivity index (χ0n) is 19.9. The third kappa shape index (κ3) is 13.1. The molecule has 0 bridgehead atoms. The van der Waals surface area contributed by atoms with E-state index in [4.69, 9.17) is 20.1 Å². The first-order valence-corrected chi connectivity index (χ1v) is 11.7. The number of ketones is 1. The summed E-state index contributed by atoms with van der Waals surface area (Å²) in [6.07, 6.45) is 7.61. The molecule has 1 saturated heterocycles. The van der Waals surface area contributed by atoms with Gasteiger partial charge in [0.25, 0.3) is 0 Å². The number of aliphatic hydroxyl groups is 2. The van der Waals surface area contributed by atoms with Gasteiger partial charge in [0.15, 0.2) is 5.60 Å². The Morgan fingerprint density at radius 1 is 1.09 bits per heavy atom. The lowest BCUT2D eigenvalue weighted by molar-refractivity contribution is -0.167. The summed E-state index contributed by atoms with van der Waals surface area (Å²) >= 11 is 0. The molecule has 32 heavy (non-hydrogen) atoms. The number of hydrogen-bond donors (Lipinski definition) is 4. The predicted molar refractivity (Wildman–Crippen MR) is 121 cm³/mol. The first-order valence-electron chi connectivity index (χ1n) is 11.7. The summed E-state index contributed by atoms with van der Waals surface area (Å²) in [5, 5.41) is 35.1. The zero-order valence-corrected chi connectivity index (χ0v) is 19.9. The highest BCUT2D eigenvalue weighted by Crippen LogP contribution is 2.22. The summed E-state index contributed by atoms with van der Waals surface area (Å²) < 4.78 is 5.59. The van der Waals surface area contributed by atoms with Crippen LogP contribution >= 0.6 is 0 Å². The Morgan fingerprint density at radius 3 is 2.19 bits per heavy atom. The van der Waals surface area contributed by atoms with Crippen LogP contribution in [0.4, 0.5) is 0 Å². The summed E-state index contributed by atoms with van der Waals surface area (Å²) in [7, 11) is 0. The number of aliphatic hydroxyl groups excluding tert-OH is 1. The first kappa shape index (κ1) is 30.4. The van der Waals surface area contributed by atoms with Gasteiger partial charge in [-0.15, -0.1) is 0 Å². The molecule has 9 nitrogen and oxygen atoms in total. The summed E-state index contributed by atoms with van der Waals surface area (Å²) in [5.74, 6) is -2.83. The van der Waals surface area contributed by atoms with Gasteiger partial charge in [-0.2, -0.15) is 0 Å². The summed E-state index contributed by atoms with van der Waals surface area (Å²) in [4.78, 5) is 33.5. The Bertz CT molecular complexity index is 530. The second-order valence-electron chi connectivity index (χ2n) is 8.65. The quantitative estimate of drug-likeness (QED) is 0.289. The van der Waals surface area contributed by atoms with Crippen LogP contribution in [0.15, 0.2) is 0 Å². The molecule has 1 heterocycles. The average molecular weight is 462 g/mol. The van der Waals surface area contributed by atoms with Crippen molar-refractivity contribution in [1.82, 2.24) is 4.90 Å². The van der Waals surface area contributed by atoms with E-state index in [1.807, 2.05) is 0 Å². The smallest absolute Gasteiger partial charge is 0.336 e. The molecule has 2 unspecified atom stereocenters. The van der Waals surface area contributed by atoms with E-state index in [1.54, 1.807) is 0 Å². The molecule has 0 saturated carbocycles. The maximum absolute atomic E-state index is 10.5. The van der Waals surface area contributed by atoms with Crippen LogP contribution in [0, 0.1) is 5.92 Å². The van der Waals surface area contributed by atoms with Crippen LogP contribution in [0.2, 0.25) is 0 Å². The van der Waals surface area contributed by atoms with Gasteiger partial charge in [-0.1, -0.05) is 52.4 Å². The second kappa shape index (κ2) is 17.0. The number of rotatable bonds is 15. The zero-order chi connectivity index (χ0) is 24.6. The number of carbonyl (C=O) groups is 3. The number of Topliss-reactive ketones (excluding diaryl/α,β-unsaturated/α-hetero) is 1. The van der Waals surface area contributed by atoms with E-state index < -0.39 is 36.2 Å². The highest BCUT2D eigenvalue weighted by Gasteiger charge is 2.39. The maximum atomic E-state index is 10.5. The fraction of sp³-hybridized carbons (Fsp3) is 0.870. The molecule has 0 radical (unpaired) electrons. The Labute approximate surface area is 191 Å². The molecule has 1 aliphatic heterocycles. The van der Waals surface area contributed by atoms with E-state index >= 15 is 0 Å². The topological polar surface area (TPSA) is 145 Å². The minimum Gasteiger partial charge on any atom is -0.481 e. The number of nitrogens with zero attached hydrogens (tertiary/aromatic N) is 1. The molecular formula is C23H43NO8. The van der Waals surface area contributed by atoms with Crippen molar-refractivity contribution in [3.8, 4) is 0 Å². The van der Waals surface area contributed by atoms with E-state index in [0.717, 1.165) is 39.1 Å². The van der Waals surface area contributed by atoms with Gasteiger partial charge in [-0.05, 0) is 19.3 Å². The molecule has 2 atom stereocenters. The van der Waals surface area contributed by atoms with E-state index in [1.165, 1.54) is 44.9 Å². The van der Waals surface area contributed by atoms with Gasteiger partial charge in [0, 0.05) is 25.6 Å². The number of β-amino-alcohol motifs (C(OH)–C–C–N with tert-alkyl or cyclic N) is 1. The van der Waals surface area contributed by atoms with E-state index in [2.05, 4.69) is 18.7 Å². The van der Waals surface area contributed by atoms with Crippen LogP contribution in [-0.4, -0.2) is 87.6 Å². The first-order chi connectivity index (χ1) is 15.1. The number of carbonyl (C=O) groups excluding carboxylic acids is 1. The molecule has 0 aliphatic carbocycles. The van der Waals surface area contributed by atoms with Crippen LogP contribution in [0.25, 0.3) is 0 Å². The molecule has 0 aromatic heterocycles. The number of aliphatic carboxylic acids is 2. The molecule has 0 aromatic carbocycles. The summed E-state index contributed by atoms with van der Waals surface area (Å²) in [6.45, 7) is 9.40. The van der Waals surface area contributed by atoms with Gasteiger partial charge >= 0.3 is 11.9 Å². The van der Waals surface area contributed by atoms with Gasteiger partial charge in [-0.3, -0.25) is 14.5 Å². The van der Waals surface area contributed by atoms with E-state index in [9.17, 15) is 19.5 Å². The fourth-order valence-electron chi connectivity index (χ4n) is 4.15. The van der Waals surface area contributed by atoms with Crippen molar-refractivity contribution >= 4 is 17.7 Å². The van der Waals surface area contributed by atoms with Crippen molar-refractivity contribution in [2.75, 3.05) is 32.9 Å². The van der Waals surface area contributed by atoms with Crippen molar-refractivity contribution in [2.24, 2.45) is 5.92 Å². The van der Waals surface area contributed by atoms with Gasteiger partial charge in [0.2, 0.25) is 0 Å². The van der Waals surface area contributed by atoms with Gasteiger partial charge in [-0.25, -0.2) is 4.79 Å². The molecule has 0 aromatic rings. The molecule has 1 fully saturated rings. The molecule has 1 rings (SSSR count). The molecular weight excluding hydrogens is 418 g/mol. The third-order valence-corrected chi connectivity index (χ3v) is 5.66. The monoisotopic (exact) mass is 461 g/mol. The summed E-state index contributed by atoms with van der Waals surface area (Å²) in [6, 6.07) is 0.532. The number of hydrogen-bond acceptors (Lipinski definition) is 7. The maximum Gasteiger partial charge on any atom is 0.336 e. The normalized spacial score (nSPS) is 18.5. The second-order valence-corrected chi connectivity index (χ2v) is 8.65. The van der Waals surface area contributed by atoms with Gasteiger partial charge in [0.1, 0.15) is 5.78 Å². The Kier molecular flexibility index (Phi) is 16.2. The van der Waals surface area contributed by atoms with Crippen LogP contribution < -0.4 is 0 Å². The molecule has 0 spiro atoms. The SMILES string of the molecule is CC(=O)CC(O)(CC(=O)O)C(=O)O.CCCC(CCC)CCCC1COCCN1CCO. The average Bonchev–Trinajstić information content (AvgIpc) is 2.69. The van der Waals surface area contributed by atoms with Crippen molar-refractivity contribution in [3.63, 3.8) is 0 Å². The fourth-order valence-corrected chi connectivity index (χ4v) is 4.15. The standard InChI is InChI=1S/C16H33NO2.C7H10O6/c1-3-6-15(7-4-2)8-5-9-16-14-19-13-11-17(16)10-12-18;1-4(8)2-7(13,6(11)12)3-5(9)10/h15-16,18H,3-14H2,1-2H3;13H,2-3H2,1H3,(H,9,10)(H,11,12). The van der Waals surface area contributed by atoms with Crippen LogP contribution in [0.5, 0.6) is 0 Å². The van der Waals surface area contributed by atoms with Crippen LogP contribution in [-0.2, 0) is 19.1 Å². The number of carboxylic acids is 2. The predicted octanol–water partition coefficient (Wildman–Crippen LogP) is 2.32. The Hall–Kier alpha value is -1.55. The van der Waals surface area contributed by atoms with Crippen molar-refractivity contribution in [3.05, 3.63) is 0 Å². The third-order valence-electron chi connectivity index (χ3n) is 5.66. The van der Waals surface area contributed by atoms with Gasteiger partial charge in [0.05, 0.1) is 26.2 Å². The van der Waals surface area contributed by atoms with E-state index in [0.29, 0.717) is 6.04 Å². The lowest BCUT2D eigenvalue weighted by atomic mass is 9.91. The van der Waals surface area contributed by atoms with Crippen molar-refractivity contribution in [1.29, 1.82) is 0 Å². The minimum absolute atomic E-state index is 0.269. The lowest BCUT2D eigenvalue weighted by Gasteiger charge is -2.35. The molecule has 188 valence electrons. The highest BCUT2D eigenvalue weighted by molar-refractivity contribution is 5.90. The number of carboxylic acid groups (broad SMARTS) is 2. The van der Waals surface area contributed by atoms with Crippen molar-refractivity contribution < 1.29 is 39.5 Å².